The molecule has 1 atom stereocenters. The van der Waals surface area contributed by atoms with Crippen LogP contribution in [0.4, 0.5) is 13.6 Å². The average molecular weight is 421 g/mol. The molecule has 0 saturated carbocycles. The van der Waals surface area contributed by atoms with Gasteiger partial charge in [0.05, 0.1) is 16.6 Å². The zero-order valence-corrected chi connectivity index (χ0v) is 16.4. The van der Waals surface area contributed by atoms with Crippen molar-refractivity contribution in [3.05, 3.63) is 52.6 Å². The number of amides is 2. The van der Waals surface area contributed by atoms with E-state index in [-0.39, 0.29) is 28.1 Å². The fraction of sp³-hybridized carbons (Fsp3) is 0.250. The molecule has 0 aliphatic carbocycles. The van der Waals surface area contributed by atoms with Crippen molar-refractivity contribution in [3.8, 4) is 11.3 Å². The van der Waals surface area contributed by atoms with Gasteiger partial charge in [0.1, 0.15) is 29.7 Å². The molecule has 1 aromatic carbocycles. The molecule has 1 saturated heterocycles. The molecule has 0 N–H and O–H groups in total. The Morgan fingerprint density at radius 3 is 2.72 bits per heavy atom. The van der Waals surface area contributed by atoms with Crippen LogP contribution < -0.4 is 0 Å². The number of furan rings is 1. The maximum Gasteiger partial charge on any atom is 0.326 e. The number of hydrogen-bond acceptors (Lipinski definition) is 6. The number of ether oxygens (including phenoxy) is 1. The summed E-state index contributed by atoms with van der Waals surface area (Å²) in [7, 11) is 0. The first-order valence-electron chi connectivity index (χ1n) is 8.78. The Morgan fingerprint density at radius 2 is 2.03 bits per heavy atom. The standard InChI is InChI=1S/C20H17F2NO5S/c1-3-11(2)27-18(24)10-23-19(25)17(29-20(23)26)9-13-5-7-16(28-13)14-6-4-12(21)8-15(14)22/h4-9,11H,3,10H2,1-2H3/b17-9+/t11-/m0/s1. The Hall–Kier alpha value is -2.94. The highest BCUT2D eigenvalue weighted by Crippen LogP contribution is 2.33. The number of thioether (sulfide) groups is 1. The first-order valence-corrected chi connectivity index (χ1v) is 9.60. The van der Waals surface area contributed by atoms with Crippen molar-refractivity contribution in [2.75, 3.05) is 6.54 Å². The molecule has 0 bridgehead atoms. The summed E-state index contributed by atoms with van der Waals surface area (Å²) in [6, 6.07) is 6.04. The van der Waals surface area contributed by atoms with E-state index in [1.807, 2.05) is 6.92 Å². The highest BCUT2D eigenvalue weighted by molar-refractivity contribution is 8.18. The van der Waals surface area contributed by atoms with Crippen LogP contribution in [0.1, 0.15) is 26.0 Å². The van der Waals surface area contributed by atoms with Crippen molar-refractivity contribution < 1.29 is 32.3 Å². The lowest BCUT2D eigenvalue weighted by Gasteiger charge is -2.14. The first-order chi connectivity index (χ1) is 13.8. The minimum atomic E-state index is -0.786. The molecule has 9 heteroatoms. The second-order valence-corrected chi connectivity index (χ2v) is 7.30. The third-order valence-electron chi connectivity index (χ3n) is 4.17. The fourth-order valence-electron chi connectivity index (χ4n) is 2.50. The van der Waals surface area contributed by atoms with Crippen LogP contribution in [-0.4, -0.2) is 34.7 Å². The van der Waals surface area contributed by atoms with E-state index < -0.39 is 35.3 Å². The molecule has 2 heterocycles. The third kappa shape index (κ3) is 4.73. The van der Waals surface area contributed by atoms with Gasteiger partial charge in [0.25, 0.3) is 11.1 Å². The number of imide groups is 1. The minimum absolute atomic E-state index is 0.0619. The molecule has 2 aromatic rings. The van der Waals surface area contributed by atoms with Gasteiger partial charge < -0.3 is 9.15 Å². The second-order valence-electron chi connectivity index (χ2n) is 6.30. The Balaban J connectivity index is 1.74. The zero-order valence-electron chi connectivity index (χ0n) is 15.6. The molecule has 0 radical (unpaired) electrons. The Labute approximate surface area is 169 Å². The maximum absolute atomic E-state index is 13.9. The van der Waals surface area contributed by atoms with Gasteiger partial charge in [-0.1, -0.05) is 6.92 Å². The smallest absolute Gasteiger partial charge is 0.326 e. The quantitative estimate of drug-likeness (QED) is 0.501. The van der Waals surface area contributed by atoms with Gasteiger partial charge in [-0.3, -0.25) is 19.3 Å². The normalized spacial score (nSPS) is 16.6. The van der Waals surface area contributed by atoms with E-state index in [4.69, 9.17) is 9.15 Å². The van der Waals surface area contributed by atoms with Gasteiger partial charge in [-0.25, -0.2) is 8.78 Å². The number of nitrogens with zero attached hydrogens (tertiary/aromatic N) is 1. The van der Waals surface area contributed by atoms with E-state index in [1.165, 1.54) is 24.3 Å². The van der Waals surface area contributed by atoms with Gasteiger partial charge in [0.2, 0.25) is 0 Å². The van der Waals surface area contributed by atoms with Crippen LogP contribution in [-0.2, 0) is 14.3 Å². The van der Waals surface area contributed by atoms with Gasteiger partial charge in [0.15, 0.2) is 0 Å². The van der Waals surface area contributed by atoms with E-state index >= 15 is 0 Å². The van der Waals surface area contributed by atoms with Crippen molar-refractivity contribution >= 4 is 35.0 Å². The lowest BCUT2D eigenvalue weighted by molar-refractivity contribution is -0.150. The van der Waals surface area contributed by atoms with Crippen LogP contribution in [0.5, 0.6) is 0 Å². The van der Waals surface area contributed by atoms with E-state index in [0.29, 0.717) is 18.2 Å². The van der Waals surface area contributed by atoms with Crippen molar-refractivity contribution in [2.45, 2.75) is 26.4 Å². The van der Waals surface area contributed by atoms with E-state index in [9.17, 15) is 23.2 Å². The highest BCUT2D eigenvalue weighted by Gasteiger charge is 2.37. The van der Waals surface area contributed by atoms with Gasteiger partial charge in [-0.2, -0.15) is 0 Å². The Bertz CT molecular complexity index is 1000. The lowest BCUT2D eigenvalue weighted by atomic mass is 10.1. The van der Waals surface area contributed by atoms with Gasteiger partial charge in [0, 0.05) is 12.1 Å². The van der Waals surface area contributed by atoms with Gasteiger partial charge >= 0.3 is 5.97 Å². The average Bonchev–Trinajstić information content (AvgIpc) is 3.22. The largest absolute Gasteiger partial charge is 0.461 e. The summed E-state index contributed by atoms with van der Waals surface area (Å²) in [6.07, 6.45) is 1.63. The third-order valence-corrected chi connectivity index (χ3v) is 5.07. The predicted octanol–water partition coefficient (Wildman–Crippen LogP) is 4.60. The van der Waals surface area contributed by atoms with Crippen molar-refractivity contribution in [1.82, 2.24) is 4.90 Å². The van der Waals surface area contributed by atoms with Gasteiger partial charge in [-0.15, -0.1) is 0 Å². The maximum atomic E-state index is 13.9. The van der Waals surface area contributed by atoms with Crippen LogP contribution >= 0.6 is 11.8 Å². The van der Waals surface area contributed by atoms with E-state index in [0.717, 1.165) is 17.0 Å². The molecule has 1 aromatic heterocycles. The monoisotopic (exact) mass is 421 g/mol. The van der Waals surface area contributed by atoms with Crippen LogP contribution in [0.25, 0.3) is 17.4 Å². The van der Waals surface area contributed by atoms with Crippen LogP contribution in [0.3, 0.4) is 0 Å². The summed E-state index contributed by atoms with van der Waals surface area (Å²) in [5.41, 5.74) is 0.0620. The number of carbonyl (C=O) groups is 3. The van der Waals surface area contributed by atoms with Gasteiger partial charge in [-0.05, 0) is 49.4 Å². The summed E-state index contributed by atoms with van der Waals surface area (Å²) >= 11 is 0.661. The van der Waals surface area contributed by atoms with Crippen molar-refractivity contribution in [2.24, 2.45) is 0 Å². The number of carbonyl (C=O) groups excluding carboxylic acids is 3. The molecule has 0 unspecified atom stereocenters. The van der Waals surface area contributed by atoms with Crippen molar-refractivity contribution in [3.63, 3.8) is 0 Å². The van der Waals surface area contributed by atoms with Crippen LogP contribution in [0.2, 0.25) is 0 Å². The van der Waals surface area contributed by atoms with E-state index in [2.05, 4.69) is 0 Å². The number of hydrogen-bond donors (Lipinski definition) is 0. The Morgan fingerprint density at radius 1 is 1.28 bits per heavy atom. The second kappa shape index (κ2) is 8.60. The SMILES string of the molecule is CC[C@H](C)OC(=O)CN1C(=O)S/C(=C/c2ccc(-c3ccc(F)cc3F)o2)C1=O. The molecular weight excluding hydrogens is 404 g/mol. The number of esters is 1. The fourth-order valence-corrected chi connectivity index (χ4v) is 3.32. The molecule has 1 aliphatic heterocycles. The molecule has 1 aliphatic rings. The molecule has 2 amide bonds. The molecular formula is C20H17F2NO5S. The van der Waals surface area contributed by atoms with Crippen LogP contribution in [0.15, 0.2) is 39.7 Å². The number of rotatable bonds is 6. The summed E-state index contributed by atoms with van der Waals surface area (Å²) in [6.45, 7) is 3.08. The van der Waals surface area contributed by atoms with E-state index in [1.54, 1.807) is 6.92 Å². The summed E-state index contributed by atoms with van der Waals surface area (Å²) in [4.78, 5) is 37.2. The lowest BCUT2D eigenvalue weighted by Crippen LogP contribution is -2.35. The molecule has 3 rings (SSSR count). The van der Waals surface area contributed by atoms with Crippen LogP contribution in [0, 0.1) is 11.6 Å². The Kier molecular flexibility index (Phi) is 6.17. The molecule has 6 nitrogen and oxygen atoms in total. The first kappa shape index (κ1) is 20.8. The van der Waals surface area contributed by atoms with Crippen molar-refractivity contribution in [1.29, 1.82) is 0 Å². The molecule has 29 heavy (non-hydrogen) atoms. The topological polar surface area (TPSA) is 76.8 Å². The summed E-state index contributed by atoms with van der Waals surface area (Å²) in [5, 5.41) is -0.598. The summed E-state index contributed by atoms with van der Waals surface area (Å²) in [5.74, 6) is -2.46. The molecule has 0 spiro atoms. The zero-order chi connectivity index (χ0) is 21.1. The number of halogens is 2. The predicted molar refractivity (Wildman–Crippen MR) is 103 cm³/mol. The highest BCUT2D eigenvalue weighted by atomic mass is 32.2. The molecule has 1 fully saturated rings. The minimum Gasteiger partial charge on any atom is -0.461 e. The number of benzene rings is 1. The molecule has 152 valence electrons. The summed E-state index contributed by atoms with van der Waals surface area (Å²) < 4.78 is 37.5.